The fourth-order valence-electron chi connectivity index (χ4n) is 1.84. The lowest BCUT2D eigenvalue weighted by Gasteiger charge is -2.14. The van der Waals surface area contributed by atoms with Crippen LogP contribution in [0.2, 0.25) is 5.02 Å². The van der Waals surface area contributed by atoms with Gasteiger partial charge in [-0.1, -0.05) is 11.6 Å². The zero-order valence-electron chi connectivity index (χ0n) is 12.9. The number of benzene rings is 1. The van der Waals surface area contributed by atoms with Crippen molar-refractivity contribution in [2.24, 2.45) is 0 Å². The van der Waals surface area contributed by atoms with E-state index in [0.29, 0.717) is 17.9 Å². The zero-order valence-corrected chi connectivity index (χ0v) is 14.5. The summed E-state index contributed by atoms with van der Waals surface area (Å²) >= 11 is 6.99. The molecule has 9 heteroatoms. The third-order valence-corrected chi connectivity index (χ3v) is 3.92. The molecule has 24 heavy (non-hydrogen) atoms. The van der Waals surface area contributed by atoms with Crippen LogP contribution in [0.3, 0.4) is 0 Å². The van der Waals surface area contributed by atoms with E-state index in [1.165, 1.54) is 13.2 Å². The normalized spacial score (nSPS) is 15.4. The maximum absolute atomic E-state index is 11.6. The molecule has 0 saturated carbocycles. The van der Waals surface area contributed by atoms with Gasteiger partial charge < -0.3 is 14.2 Å². The first-order valence-corrected chi connectivity index (χ1v) is 8.04. The number of nitrogens with one attached hydrogen (secondary N) is 1. The van der Waals surface area contributed by atoms with Crippen LogP contribution in [-0.4, -0.2) is 37.4 Å². The summed E-state index contributed by atoms with van der Waals surface area (Å²) in [7, 11) is 1.25. The number of hydrogen-bond acceptors (Lipinski definition) is 7. The van der Waals surface area contributed by atoms with Crippen LogP contribution < -0.4 is 14.8 Å². The topological polar surface area (TPSA) is 90.9 Å². The second kappa shape index (κ2) is 8.07. The number of halogens is 1. The average Bonchev–Trinajstić information content (AvgIpc) is 2.84. The van der Waals surface area contributed by atoms with Crippen LogP contribution in [0.4, 0.5) is 4.79 Å². The molecule has 0 unspecified atom stereocenters. The molecule has 0 atom stereocenters. The smallest absolute Gasteiger partial charge is 0.343 e. The average molecular weight is 372 g/mol. The summed E-state index contributed by atoms with van der Waals surface area (Å²) < 4.78 is 15.3. The van der Waals surface area contributed by atoms with Crippen molar-refractivity contribution in [2.45, 2.75) is 6.92 Å². The summed E-state index contributed by atoms with van der Waals surface area (Å²) in [6, 6.07) is 3.14. The molecule has 2 amide bonds. The SMILES string of the molecule is CCOc1cc(/C=C2\SC(=O)NC2=O)cc(Cl)c1OCC(=O)OC. The van der Waals surface area contributed by atoms with Crippen LogP contribution in [0.15, 0.2) is 17.0 Å². The van der Waals surface area contributed by atoms with Crippen LogP contribution in [0.5, 0.6) is 11.5 Å². The van der Waals surface area contributed by atoms with Gasteiger partial charge >= 0.3 is 5.97 Å². The Labute approximate surface area is 147 Å². The largest absolute Gasteiger partial charge is 0.490 e. The molecule has 0 spiro atoms. The van der Waals surface area contributed by atoms with E-state index in [1.807, 2.05) is 0 Å². The predicted octanol–water partition coefficient (Wildman–Crippen LogP) is 2.61. The molecule has 1 aliphatic heterocycles. The Morgan fingerprint density at radius 2 is 2.08 bits per heavy atom. The number of imide groups is 1. The van der Waals surface area contributed by atoms with Gasteiger partial charge in [-0.3, -0.25) is 14.9 Å². The third-order valence-electron chi connectivity index (χ3n) is 2.83. The highest BCUT2D eigenvalue weighted by Gasteiger charge is 2.25. The van der Waals surface area contributed by atoms with Gasteiger partial charge in [-0.2, -0.15) is 0 Å². The van der Waals surface area contributed by atoms with Crippen LogP contribution in [-0.2, 0) is 14.3 Å². The van der Waals surface area contributed by atoms with Crippen molar-refractivity contribution in [3.05, 3.63) is 27.6 Å². The predicted molar refractivity (Wildman–Crippen MR) is 89.2 cm³/mol. The highest BCUT2D eigenvalue weighted by molar-refractivity contribution is 8.18. The summed E-state index contributed by atoms with van der Waals surface area (Å²) in [5.41, 5.74) is 0.557. The fourth-order valence-corrected chi connectivity index (χ4v) is 2.79. The molecule has 1 aromatic rings. The molecule has 0 radical (unpaired) electrons. The molecule has 1 heterocycles. The van der Waals surface area contributed by atoms with E-state index in [9.17, 15) is 14.4 Å². The minimum absolute atomic E-state index is 0.200. The standard InChI is InChI=1S/C15H14ClNO6S/c1-3-22-10-5-8(6-11-14(19)17-15(20)24-11)4-9(16)13(10)23-7-12(18)21-2/h4-6H,3,7H2,1-2H3,(H,17,19,20)/b11-6-. The lowest BCUT2D eigenvalue weighted by molar-refractivity contribution is -0.142. The fraction of sp³-hybridized carbons (Fsp3) is 0.267. The van der Waals surface area contributed by atoms with E-state index >= 15 is 0 Å². The van der Waals surface area contributed by atoms with E-state index in [-0.39, 0.29) is 22.3 Å². The quantitative estimate of drug-likeness (QED) is 0.607. The van der Waals surface area contributed by atoms with E-state index < -0.39 is 17.1 Å². The molecule has 1 aliphatic rings. The number of thioether (sulfide) groups is 1. The Kier molecular flexibility index (Phi) is 6.10. The molecule has 1 aromatic carbocycles. The summed E-state index contributed by atoms with van der Waals surface area (Å²) in [6.45, 7) is 1.81. The van der Waals surface area contributed by atoms with Crippen molar-refractivity contribution >= 4 is 46.6 Å². The minimum Gasteiger partial charge on any atom is -0.490 e. The summed E-state index contributed by atoms with van der Waals surface area (Å²) in [4.78, 5) is 34.3. The van der Waals surface area contributed by atoms with Crippen LogP contribution in [0.25, 0.3) is 6.08 Å². The molecule has 0 bridgehead atoms. The lowest BCUT2D eigenvalue weighted by atomic mass is 10.2. The van der Waals surface area contributed by atoms with Crippen molar-refractivity contribution in [1.82, 2.24) is 5.32 Å². The highest BCUT2D eigenvalue weighted by Crippen LogP contribution is 2.38. The second-order valence-electron chi connectivity index (χ2n) is 4.48. The Hall–Kier alpha value is -2.19. The maximum Gasteiger partial charge on any atom is 0.343 e. The summed E-state index contributed by atoms with van der Waals surface area (Å²) in [6.07, 6.45) is 1.52. The first kappa shape index (κ1) is 18.2. The number of carbonyl (C=O) groups is 3. The van der Waals surface area contributed by atoms with Gasteiger partial charge in [0.05, 0.1) is 23.6 Å². The Balaban J connectivity index is 2.32. The van der Waals surface area contributed by atoms with Crippen LogP contribution in [0.1, 0.15) is 12.5 Å². The van der Waals surface area contributed by atoms with Gasteiger partial charge in [0.25, 0.3) is 11.1 Å². The van der Waals surface area contributed by atoms with Gasteiger partial charge in [0.15, 0.2) is 18.1 Å². The van der Waals surface area contributed by atoms with Gasteiger partial charge in [0.1, 0.15) is 0 Å². The molecule has 128 valence electrons. The summed E-state index contributed by atoms with van der Waals surface area (Å²) in [5, 5.41) is 1.94. The number of esters is 1. The molecule has 0 aliphatic carbocycles. The molecular formula is C15H14ClNO6S. The van der Waals surface area contributed by atoms with Gasteiger partial charge in [0.2, 0.25) is 0 Å². The molecule has 1 N–H and O–H groups in total. The van der Waals surface area contributed by atoms with E-state index in [4.69, 9.17) is 21.1 Å². The molecule has 1 fully saturated rings. The van der Waals surface area contributed by atoms with Crippen molar-refractivity contribution in [2.75, 3.05) is 20.3 Å². The monoisotopic (exact) mass is 371 g/mol. The van der Waals surface area contributed by atoms with E-state index in [0.717, 1.165) is 11.8 Å². The third kappa shape index (κ3) is 4.42. The molecule has 1 saturated heterocycles. The van der Waals surface area contributed by atoms with Crippen molar-refractivity contribution in [1.29, 1.82) is 0 Å². The number of methoxy groups -OCH3 is 1. The van der Waals surface area contributed by atoms with Crippen molar-refractivity contribution in [3.8, 4) is 11.5 Å². The molecular weight excluding hydrogens is 358 g/mol. The molecule has 7 nitrogen and oxygen atoms in total. The van der Waals surface area contributed by atoms with Gasteiger partial charge in [0, 0.05) is 0 Å². The highest BCUT2D eigenvalue weighted by atomic mass is 35.5. The van der Waals surface area contributed by atoms with Gasteiger partial charge in [-0.25, -0.2) is 4.79 Å². The number of hydrogen-bond donors (Lipinski definition) is 1. The molecule has 2 rings (SSSR count). The van der Waals surface area contributed by atoms with Crippen molar-refractivity contribution < 1.29 is 28.6 Å². The minimum atomic E-state index is -0.558. The Bertz CT molecular complexity index is 718. The maximum atomic E-state index is 11.6. The number of amides is 2. The summed E-state index contributed by atoms with van der Waals surface area (Å²) in [5.74, 6) is -0.511. The first-order chi connectivity index (χ1) is 11.4. The van der Waals surface area contributed by atoms with Crippen molar-refractivity contribution in [3.63, 3.8) is 0 Å². The first-order valence-electron chi connectivity index (χ1n) is 6.85. The lowest BCUT2D eigenvalue weighted by Crippen LogP contribution is -2.17. The zero-order chi connectivity index (χ0) is 17.7. The van der Waals surface area contributed by atoms with Gasteiger partial charge in [-0.05, 0) is 42.5 Å². The second-order valence-corrected chi connectivity index (χ2v) is 5.90. The van der Waals surface area contributed by atoms with Crippen LogP contribution >= 0.6 is 23.4 Å². The van der Waals surface area contributed by atoms with Gasteiger partial charge in [-0.15, -0.1) is 0 Å². The van der Waals surface area contributed by atoms with Crippen LogP contribution in [0, 0.1) is 0 Å². The number of ether oxygens (including phenoxy) is 3. The number of rotatable bonds is 6. The Morgan fingerprint density at radius 3 is 2.67 bits per heavy atom. The Morgan fingerprint density at radius 1 is 1.33 bits per heavy atom. The van der Waals surface area contributed by atoms with E-state index in [1.54, 1.807) is 19.1 Å². The molecule has 0 aromatic heterocycles. The number of carbonyl (C=O) groups excluding carboxylic acids is 3. The van der Waals surface area contributed by atoms with E-state index in [2.05, 4.69) is 10.1 Å².